The summed E-state index contributed by atoms with van der Waals surface area (Å²) in [5.74, 6) is 1.38. The van der Waals surface area contributed by atoms with Gasteiger partial charge in [0.05, 0.1) is 27.7 Å². The fourth-order valence-corrected chi connectivity index (χ4v) is 3.67. The molecule has 1 fully saturated rings. The molecule has 1 saturated heterocycles. The van der Waals surface area contributed by atoms with Gasteiger partial charge in [-0.05, 0) is 30.3 Å². The Hall–Kier alpha value is -3.34. The zero-order valence-electron chi connectivity index (χ0n) is 16.3. The summed E-state index contributed by atoms with van der Waals surface area (Å²) >= 11 is 12.3. The Kier molecular flexibility index (Phi) is 5.94. The van der Waals surface area contributed by atoms with Gasteiger partial charge >= 0.3 is 0 Å². The van der Waals surface area contributed by atoms with E-state index in [9.17, 15) is 0 Å². The van der Waals surface area contributed by atoms with Gasteiger partial charge in [0.1, 0.15) is 18.2 Å². The number of nitriles is 1. The smallest absolute Gasteiger partial charge is 0.128 e. The number of ether oxygens (including phenoxy) is 1. The van der Waals surface area contributed by atoms with E-state index in [0.717, 1.165) is 5.82 Å². The summed E-state index contributed by atoms with van der Waals surface area (Å²) in [4.78, 5) is 10.4. The molecule has 0 saturated carbocycles. The molecule has 9 heteroatoms. The predicted molar refractivity (Wildman–Crippen MR) is 121 cm³/mol. The van der Waals surface area contributed by atoms with E-state index in [1.165, 1.54) is 12.4 Å². The average molecular weight is 453 g/mol. The lowest BCUT2D eigenvalue weighted by Gasteiger charge is -2.36. The summed E-state index contributed by atoms with van der Waals surface area (Å²) in [7, 11) is 0. The maximum Gasteiger partial charge on any atom is 0.128 e. The van der Waals surface area contributed by atoms with Gasteiger partial charge < -0.3 is 15.4 Å². The molecule has 0 amide bonds. The van der Waals surface area contributed by atoms with E-state index in [2.05, 4.69) is 16.0 Å². The Balaban J connectivity index is 1.49. The minimum absolute atomic E-state index is 0.0548. The van der Waals surface area contributed by atoms with E-state index < -0.39 is 0 Å². The molecule has 7 nitrogen and oxygen atoms in total. The fraction of sp³-hybridized carbons (Fsp3) is 0.182. The van der Waals surface area contributed by atoms with Crippen LogP contribution in [0, 0.1) is 22.7 Å². The van der Waals surface area contributed by atoms with Crippen LogP contribution in [0.15, 0.2) is 48.9 Å². The van der Waals surface area contributed by atoms with Crippen LogP contribution < -0.4 is 15.4 Å². The second kappa shape index (κ2) is 8.80. The Morgan fingerprint density at radius 3 is 2.58 bits per heavy atom. The van der Waals surface area contributed by atoms with Crippen molar-refractivity contribution in [2.75, 3.05) is 23.7 Å². The van der Waals surface area contributed by atoms with Crippen LogP contribution in [0.4, 0.5) is 11.5 Å². The Bertz CT molecular complexity index is 1150. The van der Waals surface area contributed by atoms with Gasteiger partial charge in [0.2, 0.25) is 0 Å². The summed E-state index contributed by atoms with van der Waals surface area (Å²) in [6, 6.07) is 11.1. The molecule has 3 N–H and O–H groups in total. The molecular formula is C22H18Cl2N6O. The van der Waals surface area contributed by atoms with Crippen molar-refractivity contribution in [1.82, 2.24) is 9.97 Å². The van der Waals surface area contributed by atoms with E-state index in [1.54, 1.807) is 24.4 Å². The van der Waals surface area contributed by atoms with E-state index in [4.69, 9.17) is 44.3 Å². The fourth-order valence-electron chi connectivity index (χ4n) is 3.20. The number of rotatable bonds is 6. The van der Waals surface area contributed by atoms with E-state index in [-0.39, 0.29) is 18.2 Å². The van der Waals surface area contributed by atoms with Crippen LogP contribution in [0.25, 0.3) is 0 Å². The Labute approximate surface area is 189 Å². The topological polar surface area (TPSA) is 112 Å². The summed E-state index contributed by atoms with van der Waals surface area (Å²) in [6.45, 7) is 1.52. The molecule has 1 aromatic carbocycles. The van der Waals surface area contributed by atoms with Gasteiger partial charge in [-0.1, -0.05) is 23.2 Å². The number of aromatic nitrogens is 2. The molecule has 3 aromatic rings. The first kappa shape index (κ1) is 20.9. The first-order valence-electron chi connectivity index (χ1n) is 9.46. The number of nitrogens with zero attached hydrogens (tertiary/aromatic N) is 4. The average Bonchev–Trinajstić information content (AvgIpc) is 2.74. The van der Waals surface area contributed by atoms with Crippen molar-refractivity contribution in [2.45, 2.75) is 6.61 Å². The van der Waals surface area contributed by atoms with E-state index >= 15 is 0 Å². The molecule has 0 bridgehead atoms. The van der Waals surface area contributed by atoms with Gasteiger partial charge in [-0.2, -0.15) is 5.26 Å². The molecule has 0 atom stereocenters. The van der Waals surface area contributed by atoms with Crippen LogP contribution in [0.3, 0.4) is 0 Å². The third-order valence-electron chi connectivity index (χ3n) is 5.05. The quantitative estimate of drug-likeness (QED) is 0.425. The first-order chi connectivity index (χ1) is 15.0. The van der Waals surface area contributed by atoms with Gasteiger partial charge in [0.25, 0.3) is 0 Å². The lowest BCUT2D eigenvalue weighted by atomic mass is 10.0. The van der Waals surface area contributed by atoms with Crippen LogP contribution in [-0.4, -0.2) is 28.8 Å². The largest absolute Gasteiger partial charge is 0.489 e. The van der Waals surface area contributed by atoms with Crippen molar-refractivity contribution in [1.29, 1.82) is 10.7 Å². The summed E-state index contributed by atoms with van der Waals surface area (Å²) in [5, 5.41) is 18.3. The molecule has 0 aliphatic carbocycles. The van der Waals surface area contributed by atoms with Gasteiger partial charge in [-0.15, -0.1) is 0 Å². The summed E-state index contributed by atoms with van der Waals surface area (Å²) in [5.41, 5.74) is 8.61. The van der Waals surface area contributed by atoms with Crippen LogP contribution in [0.1, 0.15) is 16.7 Å². The number of anilines is 2. The number of hydrogen-bond acceptors (Lipinski definition) is 7. The number of benzene rings is 1. The van der Waals surface area contributed by atoms with Crippen molar-refractivity contribution >= 4 is 40.4 Å². The second-order valence-corrected chi connectivity index (χ2v) is 7.94. The molecule has 156 valence electrons. The minimum atomic E-state index is 0.0548. The number of halogens is 2. The molecule has 4 rings (SSSR count). The van der Waals surface area contributed by atoms with Gasteiger partial charge in [-0.25, -0.2) is 4.98 Å². The van der Waals surface area contributed by atoms with Crippen molar-refractivity contribution in [3.8, 4) is 11.8 Å². The minimum Gasteiger partial charge on any atom is -0.489 e. The number of nitrogens with two attached hydrogens (primary N) is 1. The van der Waals surface area contributed by atoms with Crippen molar-refractivity contribution < 1.29 is 4.74 Å². The highest BCUT2D eigenvalue weighted by Crippen LogP contribution is 2.28. The van der Waals surface area contributed by atoms with Crippen molar-refractivity contribution in [3.05, 3.63) is 75.7 Å². The van der Waals surface area contributed by atoms with E-state index in [0.29, 0.717) is 51.3 Å². The second-order valence-electron chi connectivity index (χ2n) is 7.13. The zero-order chi connectivity index (χ0) is 22.0. The van der Waals surface area contributed by atoms with Gasteiger partial charge in [-0.3, -0.25) is 10.4 Å². The highest BCUT2D eigenvalue weighted by Gasteiger charge is 2.27. The van der Waals surface area contributed by atoms with E-state index in [1.807, 2.05) is 17.0 Å². The standard InChI is InChI=1S/C22H18Cl2N6O/c23-18-8-28-9-19(24)17(18)12-31-15-2-3-20(26)16(5-15)22(27)14-1-4-21(29-7-14)30-10-13(6-25)11-30/h1-5,7-9,13,27H,10-12,26H2. The first-order valence-corrected chi connectivity index (χ1v) is 10.2. The third-order valence-corrected chi connectivity index (χ3v) is 5.71. The molecule has 0 spiro atoms. The monoisotopic (exact) mass is 452 g/mol. The number of nitrogens with one attached hydrogen (secondary N) is 1. The zero-order valence-corrected chi connectivity index (χ0v) is 17.9. The predicted octanol–water partition coefficient (Wildman–Crippen LogP) is 4.32. The molecule has 1 aliphatic rings. The van der Waals surface area contributed by atoms with Crippen LogP contribution in [0.5, 0.6) is 5.75 Å². The molecule has 2 aromatic heterocycles. The molecular weight excluding hydrogens is 435 g/mol. The molecule has 0 unspecified atom stereocenters. The van der Waals surface area contributed by atoms with Crippen molar-refractivity contribution in [2.24, 2.45) is 5.92 Å². The maximum absolute atomic E-state index is 8.91. The van der Waals surface area contributed by atoms with Gasteiger partial charge in [0.15, 0.2) is 0 Å². The number of nitrogen functional groups attached to an aromatic ring is 1. The number of hydrogen-bond donors (Lipinski definition) is 2. The lowest BCUT2D eigenvalue weighted by Crippen LogP contribution is -2.46. The molecule has 3 heterocycles. The van der Waals surface area contributed by atoms with Crippen LogP contribution in [0.2, 0.25) is 10.0 Å². The highest BCUT2D eigenvalue weighted by atomic mass is 35.5. The number of pyridine rings is 2. The summed E-state index contributed by atoms with van der Waals surface area (Å²) < 4.78 is 5.83. The summed E-state index contributed by atoms with van der Waals surface area (Å²) in [6.07, 6.45) is 4.65. The maximum atomic E-state index is 8.91. The lowest BCUT2D eigenvalue weighted by molar-refractivity contribution is 0.306. The van der Waals surface area contributed by atoms with Crippen LogP contribution in [-0.2, 0) is 6.61 Å². The Morgan fingerprint density at radius 1 is 1.19 bits per heavy atom. The van der Waals surface area contributed by atoms with Crippen LogP contribution >= 0.6 is 23.2 Å². The highest BCUT2D eigenvalue weighted by molar-refractivity contribution is 6.35. The SMILES string of the molecule is N#CC1CN(c2ccc(C(=N)c3cc(OCc4c(Cl)cncc4Cl)ccc3N)cn2)C1. The van der Waals surface area contributed by atoms with Crippen molar-refractivity contribution in [3.63, 3.8) is 0 Å². The molecule has 31 heavy (non-hydrogen) atoms. The normalized spacial score (nSPS) is 13.4. The molecule has 1 aliphatic heterocycles. The van der Waals surface area contributed by atoms with Gasteiger partial charge in [0, 0.05) is 54.1 Å². The Morgan fingerprint density at radius 2 is 1.94 bits per heavy atom. The molecule has 0 radical (unpaired) electrons. The third kappa shape index (κ3) is 4.41.